The summed E-state index contributed by atoms with van der Waals surface area (Å²) in [5.74, 6) is -0.459. The Labute approximate surface area is 236 Å². The zero-order chi connectivity index (χ0) is 27.0. The molecule has 4 rings (SSSR count). The minimum atomic E-state index is -3.85. The lowest BCUT2D eigenvalue weighted by Crippen LogP contribution is -2.43. The van der Waals surface area contributed by atoms with Crippen molar-refractivity contribution in [3.05, 3.63) is 130 Å². The molecule has 38 heavy (non-hydrogen) atoms. The minimum Gasteiger partial charge on any atom is -0.331 e. The van der Waals surface area contributed by atoms with Gasteiger partial charge in [0.15, 0.2) is 5.11 Å². The highest BCUT2D eigenvalue weighted by Crippen LogP contribution is 2.22. The van der Waals surface area contributed by atoms with E-state index in [1.807, 2.05) is 84.9 Å². The summed E-state index contributed by atoms with van der Waals surface area (Å²) in [6.07, 6.45) is 0. The molecule has 0 saturated carbocycles. The molecule has 10 heteroatoms. The average Bonchev–Trinajstić information content (AvgIpc) is 2.94. The molecule has 4 aromatic rings. The zero-order valence-electron chi connectivity index (χ0n) is 20.2. The molecule has 0 unspecified atom stereocenters. The SMILES string of the molecule is O=C(NNC(=S)Nc1ccc(Br)cc1)c1ccc(S(=O)(=O)N(Cc2ccccc2)Cc2ccccc2)cc1. The Morgan fingerprint density at radius 1 is 0.737 bits per heavy atom. The lowest BCUT2D eigenvalue weighted by Gasteiger charge is -2.23. The predicted molar refractivity (Wildman–Crippen MR) is 157 cm³/mol. The standard InChI is InChI=1S/C28H25BrN4O3S2/c29-24-13-15-25(16-14-24)30-28(37)32-31-27(34)23-11-17-26(18-12-23)38(35,36)33(19-21-7-3-1-4-8-21)20-22-9-5-2-6-10-22/h1-18H,19-20H2,(H,31,34)(H2,30,32,37). The number of carbonyl (C=O) groups is 1. The van der Waals surface area contributed by atoms with Crippen LogP contribution in [0.3, 0.4) is 0 Å². The van der Waals surface area contributed by atoms with Crippen LogP contribution in [-0.4, -0.2) is 23.7 Å². The molecule has 4 aromatic carbocycles. The number of nitrogens with zero attached hydrogens (tertiary/aromatic N) is 1. The third-order valence-corrected chi connectivity index (χ3v) is 8.09. The highest BCUT2D eigenvalue weighted by Gasteiger charge is 2.25. The van der Waals surface area contributed by atoms with Gasteiger partial charge in [0.25, 0.3) is 5.91 Å². The van der Waals surface area contributed by atoms with Gasteiger partial charge < -0.3 is 5.32 Å². The summed E-state index contributed by atoms with van der Waals surface area (Å²) >= 11 is 8.58. The monoisotopic (exact) mass is 608 g/mol. The third kappa shape index (κ3) is 7.48. The molecule has 3 N–H and O–H groups in total. The van der Waals surface area contributed by atoms with Crippen LogP contribution in [-0.2, 0) is 23.1 Å². The molecule has 0 fully saturated rings. The normalized spacial score (nSPS) is 11.1. The van der Waals surface area contributed by atoms with Crippen LogP contribution in [0.1, 0.15) is 21.5 Å². The van der Waals surface area contributed by atoms with Crippen LogP contribution in [0.5, 0.6) is 0 Å². The number of anilines is 1. The maximum absolute atomic E-state index is 13.6. The van der Waals surface area contributed by atoms with Crippen LogP contribution >= 0.6 is 28.1 Å². The van der Waals surface area contributed by atoms with E-state index in [9.17, 15) is 13.2 Å². The number of rotatable bonds is 8. The first-order valence-electron chi connectivity index (χ1n) is 11.6. The number of hydrazine groups is 1. The number of carbonyl (C=O) groups excluding carboxylic acids is 1. The van der Waals surface area contributed by atoms with Crippen molar-refractivity contribution in [2.75, 3.05) is 5.32 Å². The van der Waals surface area contributed by atoms with Gasteiger partial charge >= 0.3 is 0 Å². The van der Waals surface area contributed by atoms with E-state index in [1.165, 1.54) is 28.6 Å². The van der Waals surface area contributed by atoms with Gasteiger partial charge in [0.05, 0.1) is 4.90 Å². The van der Waals surface area contributed by atoms with Crippen molar-refractivity contribution < 1.29 is 13.2 Å². The first kappa shape index (κ1) is 27.5. The number of amides is 1. The number of hydrogen-bond donors (Lipinski definition) is 3. The van der Waals surface area contributed by atoms with Crippen molar-refractivity contribution in [1.82, 2.24) is 15.2 Å². The molecule has 0 spiro atoms. The lowest BCUT2D eigenvalue weighted by atomic mass is 10.2. The van der Waals surface area contributed by atoms with Gasteiger partial charge in [-0.2, -0.15) is 4.31 Å². The summed E-state index contributed by atoms with van der Waals surface area (Å²) in [6.45, 7) is 0.431. The van der Waals surface area contributed by atoms with Crippen LogP contribution < -0.4 is 16.2 Å². The van der Waals surface area contributed by atoms with Gasteiger partial charge in [-0.3, -0.25) is 15.6 Å². The van der Waals surface area contributed by atoms with Crippen molar-refractivity contribution in [3.8, 4) is 0 Å². The molecular formula is C28H25BrN4O3S2. The van der Waals surface area contributed by atoms with E-state index in [4.69, 9.17) is 12.2 Å². The van der Waals surface area contributed by atoms with Gasteiger partial charge in [-0.1, -0.05) is 76.6 Å². The molecule has 0 saturated heterocycles. The third-order valence-electron chi connectivity index (χ3n) is 5.55. The molecule has 0 aromatic heterocycles. The molecule has 0 bridgehead atoms. The van der Waals surface area contributed by atoms with E-state index in [2.05, 4.69) is 32.1 Å². The second kappa shape index (κ2) is 12.8. The summed E-state index contributed by atoms with van der Waals surface area (Å²) < 4.78 is 29.6. The molecule has 0 heterocycles. The van der Waals surface area contributed by atoms with Crippen molar-refractivity contribution >= 4 is 54.9 Å². The predicted octanol–water partition coefficient (Wildman–Crippen LogP) is 5.47. The van der Waals surface area contributed by atoms with Gasteiger partial charge in [-0.05, 0) is 71.9 Å². The van der Waals surface area contributed by atoms with Gasteiger partial charge in [-0.15, -0.1) is 0 Å². The van der Waals surface area contributed by atoms with Gasteiger partial charge in [0.1, 0.15) is 0 Å². The highest BCUT2D eigenvalue weighted by atomic mass is 79.9. The molecule has 0 aliphatic carbocycles. The summed E-state index contributed by atoms with van der Waals surface area (Å²) in [6, 6.07) is 32.1. The second-order valence-electron chi connectivity index (χ2n) is 8.31. The van der Waals surface area contributed by atoms with Crippen molar-refractivity contribution in [2.24, 2.45) is 0 Å². The summed E-state index contributed by atoms with van der Waals surface area (Å²) in [5.41, 5.74) is 7.95. The van der Waals surface area contributed by atoms with Crippen LogP contribution in [0, 0.1) is 0 Å². The maximum atomic E-state index is 13.6. The molecule has 0 aliphatic rings. The Balaban J connectivity index is 1.44. The van der Waals surface area contributed by atoms with E-state index in [1.54, 1.807) is 0 Å². The van der Waals surface area contributed by atoms with Crippen LogP contribution in [0.25, 0.3) is 0 Å². The van der Waals surface area contributed by atoms with Gasteiger partial charge in [0, 0.05) is 28.8 Å². The van der Waals surface area contributed by atoms with E-state index < -0.39 is 15.9 Å². The number of sulfonamides is 1. The minimum absolute atomic E-state index is 0.0984. The fourth-order valence-electron chi connectivity index (χ4n) is 3.61. The highest BCUT2D eigenvalue weighted by molar-refractivity contribution is 9.10. The fourth-order valence-corrected chi connectivity index (χ4v) is 5.46. The van der Waals surface area contributed by atoms with Crippen LogP contribution in [0.2, 0.25) is 0 Å². The van der Waals surface area contributed by atoms with Crippen LogP contribution in [0.4, 0.5) is 5.69 Å². The molecule has 7 nitrogen and oxygen atoms in total. The first-order valence-corrected chi connectivity index (χ1v) is 14.3. The number of halogens is 1. The Hall–Kier alpha value is -3.57. The maximum Gasteiger partial charge on any atom is 0.269 e. The average molecular weight is 610 g/mol. The van der Waals surface area contributed by atoms with Crippen molar-refractivity contribution in [3.63, 3.8) is 0 Å². The smallest absolute Gasteiger partial charge is 0.269 e. The largest absolute Gasteiger partial charge is 0.331 e. The molecule has 0 aliphatic heterocycles. The summed E-state index contributed by atoms with van der Waals surface area (Å²) in [5, 5.41) is 3.16. The number of thiocarbonyl (C=S) groups is 1. The zero-order valence-corrected chi connectivity index (χ0v) is 23.4. The summed E-state index contributed by atoms with van der Waals surface area (Å²) in [4.78, 5) is 12.7. The van der Waals surface area contributed by atoms with E-state index in [-0.39, 0.29) is 28.7 Å². The topological polar surface area (TPSA) is 90.5 Å². The number of hydrogen-bond acceptors (Lipinski definition) is 4. The number of nitrogens with one attached hydrogen (secondary N) is 3. The molecule has 0 atom stereocenters. The Bertz CT molecular complexity index is 1440. The quantitative estimate of drug-likeness (QED) is 0.181. The second-order valence-corrected chi connectivity index (χ2v) is 11.6. The van der Waals surface area contributed by atoms with Crippen LogP contribution in [0.15, 0.2) is 119 Å². The van der Waals surface area contributed by atoms with Crippen molar-refractivity contribution in [1.29, 1.82) is 0 Å². The number of benzene rings is 4. The van der Waals surface area contributed by atoms with E-state index in [0.29, 0.717) is 0 Å². The lowest BCUT2D eigenvalue weighted by molar-refractivity contribution is 0.0944. The Morgan fingerprint density at radius 2 is 1.26 bits per heavy atom. The molecule has 0 radical (unpaired) electrons. The van der Waals surface area contributed by atoms with E-state index >= 15 is 0 Å². The first-order chi connectivity index (χ1) is 18.3. The van der Waals surface area contributed by atoms with Gasteiger partial charge in [-0.25, -0.2) is 8.42 Å². The molecule has 194 valence electrons. The molecular weight excluding hydrogens is 584 g/mol. The van der Waals surface area contributed by atoms with Gasteiger partial charge in [0.2, 0.25) is 10.0 Å². The fraction of sp³-hybridized carbons (Fsp3) is 0.0714. The Morgan fingerprint density at radius 3 is 1.79 bits per heavy atom. The van der Waals surface area contributed by atoms with Crippen molar-refractivity contribution in [2.45, 2.75) is 18.0 Å². The van der Waals surface area contributed by atoms with E-state index in [0.717, 1.165) is 21.3 Å². The Kier molecular flexibility index (Phi) is 9.24. The summed E-state index contributed by atoms with van der Waals surface area (Å²) in [7, 11) is -3.85. The molecule has 1 amide bonds.